The van der Waals surface area contributed by atoms with Crippen LogP contribution in [0, 0.1) is 17.3 Å². The maximum Gasteiger partial charge on any atom is 0.182 e. The Hall–Kier alpha value is -2.98. The monoisotopic (exact) mass is 1100 g/mol. The second-order valence-corrected chi connectivity index (χ2v) is 23.5. The number of ether oxygens (including phenoxy) is 8. The topological polar surface area (TPSA) is 125 Å². The van der Waals surface area contributed by atoms with Crippen molar-refractivity contribution in [2.75, 3.05) is 73.2 Å². The Balaban J connectivity index is 0.00000601. The van der Waals surface area contributed by atoms with Gasteiger partial charge in [-0.25, -0.2) is 0 Å². The standard InChI is InChI=1S/C60H98N2O8S3.CH4O/c1-10-19-26-27-32-62-47(56-53(66-34-23-14-5)52(50(37-61)72-56)65-33-22-13-4)30-31-48(62)57-54(67-35-24-15-6)55(68-36-25-16-7)59(73-57)58-51-49(40-71-58)69-43-60(44-70-51,41-63-38-45(17-8)28-20-11-2)42-64-39-46(18-9)29-21-12-3;1-2/h30-31,40,45-46H,10-29,32-39,41-44,61H2,1-9H3;2H,1H3. The molecule has 4 aromatic rings. The zero-order chi connectivity index (χ0) is 54.3. The summed E-state index contributed by atoms with van der Waals surface area (Å²) in [6.45, 7) is 27.2. The van der Waals surface area contributed by atoms with Crippen LogP contribution in [-0.2, 0) is 22.6 Å². The van der Waals surface area contributed by atoms with Gasteiger partial charge in [-0.3, -0.25) is 0 Å². The van der Waals surface area contributed by atoms with E-state index in [9.17, 15) is 0 Å². The molecule has 5 rings (SSSR count). The molecule has 2 unspecified atom stereocenters. The highest BCUT2D eigenvalue weighted by Crippen LogP contribution is 2.59. The minimum absolute atomic E-state index is 0.386. The molecule has 0 spiro atoms. The summed E-state index contributed by atoms with van der Waals surface area (Å²) in [5, 5.41) is 9.12. The van der Waals surface area contributed by atoms with Crippen molar-refractivity contribution in [3.63, 3.8) is 0 Å². The normalized spacial score (nSPS) is 15.1. The van der Waals surface area contributed by atoms with Crippen molar-refractivity contribution in [3.05, 3.63) is 22.4 Å². The van der Waals surface area contributed by atoms with Crippen molar-refractivity contribution < 1.29 is 43.0 Å². The van der Waals surface area contributed by atoms with Crippen LogP contribution in [0.4, 0.5) is 0 Å². The van der Waals surface area contributed by atoms with Gasteiger partial charge in [0, 0.05) is 38.8 Å². The molecule has 0 fully saturated rings. The first-order chi connectivity index (χ1) is 36.8. The van der Waals surface area contributed by atoms with Crippen molar-refractivity contribution in [2.24, 2.45) is 23.0 Å². The molecule has 2 atom stereocenters. The van der Waals surface area contributed by atoms with Crippen LogP contribution in [0.1, 0.15) is 196 Å². The first-order valence-corrected chi connectivity index (χ1v) is 32.0. The lowest BCUT2D eigenvalue weighted by Crippen LogP contribution is -2.43. The third kappa shape index (κ3) is 19.1. The minimum atomic E-state index is -0.476. The van der Waals surface area contributed by atoms with Crippen molar-refractivity contribution in [2.45, 2.75) is 204 Å². The van der Waals surface area contributed by atoms with E-state index in [1.165, 1.54) is 51.4 Å². The smallest absolute Gasteiger partial charge is 0.182 e. The highest BCUT2D eigenvalue weighted by molar-refractivity contribution is 7.24. The highest BCUT2D eigenvalue weighted by Gasteiger charge is 2.39. The van der Waals surface area contributed by atoms with Crippen LogP contribution in [0.25, 0.3) is 30.9 Å². The molecular formula is C61H102N2O9S3. The average molecular weight is 1100 g/mol. The van der Waals surface area contributed by atoms with Crippen LogP contribution in [0.2, 0.25) is 0 Å². The largest absolute Gasteiger partial charge is 0.488 e. The number of nitrogens with zero attached hydrogens (tertiary/aromatic N) is 1. The van der Waals surface area contributed by atoms with Crippen LogP contribution in [0.3, 0.4) is 0 Å². The fourth-order valence-corrected chi connectivity index (χ4v) is 12.6. The first-order valence-electron chi connectivity index (χ1n) is 29.5. The highest BCUT2D eigenvalue weighted by atomic mass is 32.1. The summed E-state index contributed by atoms with van der Waals surface area (Å²) in [6.07, 6.45) is 21.9. The molecule has 1 aliphatic rings. The number of nitrogens with two attached hydrogens (primary N) is 1. The van der Waals surface area contributed by atoms with Crippen molar-refractivity contribution in [3.8, 4) is 65.4 Å². The molecule has 0 saturated carbocycles. The van der Waals surface area contributed by atoms with Gasteiger partial charge >= 0.3 is 0 Å². The number of aromatic nitrogens is 1. The lowest BCUT2D eigenvalue weighted by atomic mass is 9.91. The Labute approximate surface area is 466 Å². The summed E-state index contributed by atoms with van der Waals surface area (Å²) in [5.74, 6) is 5.80. The lowest BCUT2D eigenvalue weighted by molar-refractivity contribution is -0.0715. The molecule has 4 aromatic heterocycles. The second kappa shape index (κ2) is 37.0. The Kier molecular flexibility index (Phi) is 31.8. The van der Waals surface area contributed by atoms with Gasteiger partial charge in [-0.05, 0) is 68.9 Å². The maximum absolute atomic E-state index is 7.09. The van der Waals surface area contributed by atoms with E-state index < -0.39 is 5.41 Å². The van der Waals surface area contributed by atoms with E-state index >= 15 is 0 Å². The summed E-state index contributed by atoms with van der Waals surface area (Å²) < 4.78 is 57.0. The van der Waals surface area contributed by atoms with Crippen LogP contribution in [0.15, 0.2) is 17.5 Å². The SMILES string of the molecule is CCCCCCn1c(-c2sc(CN)c(OCCCC)c2OCCCC)ccc1-c1sc(-c2scc3c2OCC(COCC(CC)CCCC)(COCC(CC)CCCC)CO3)c(OCCCC)c1OCCCC.CO. The van der Waals surface area contributed by atoms with Crippen LogP contribution < -0.4 is 34.2 Å². The van der Waals surface area contributed by atoms with Gasteiger partial charge in [-0.1, -0.05) is 146 Å². The zero-order valence-corrected chi connectivity index (χ0v) is 50.9. The molecule has 3 N–H and O–H groups in total. The Morgan fingerprint density at radius 2 is 1.03 bits per heavy atom. The average Bonchev–Trinajstić information content (AvgIpc) is 4.19. The fraction of sp³-hybridized carbons (Fsp3) is 0.738. The molecule has 5 heterocycles. The first kappa shape index (κ1) is 64.5. The second-order valence-electron chi connectivity index (χ2n) is 20.5. The minimum Gasteiger partial charge on any atom is -0.488 e. The number of unbranched alkanes of at least 4 members (excludes halogenated alkanes) is 9. The Morgan fingerprint density at radius 1 is 0.560 bits per heavy atom. The van der Waals surface area contributed by atoms with Gasteiger partial charge in [0.05, 0.1) is 80.8 Å². The summed E-state index contributed by atoms with van der Waals surface area (Å²) in [4.78, 5) is 5.14. The number of aliphatic hydroxyl groups is 1. The van der Waals surface area contributed by atoms with Gasteiger partial charge in [0.2, 0.25) is 0 Å². The van der Waals surface area contributed by atoms with Gasteiger partial charge in [0.15, 0.2) is 34.5 Å². The predicted octanol–water partition coefficient (Wildman–Crippen LogP) is 17.3. The molecule has 14 heteroatoms. The molecule has 428 valence electrons. The number of rotatable bonds is 41. The number of hydrogen-bond acceptors (Lipinski definition) is 13. The van der Waals surface area contributed by atoms with Gasteiger partial charge in [0.1, 0.15) is 13.2 Å². The van der Waals surface area contributed by atoms with E-state index in [0.29, 0.717) is 71.2 Å². The molecule has 0 saturated heterocycles. The quantitative estimate of drug-likeness (QED) is 0.0415. The van der Waals surface area contributed by atoms with Crippen LogP contribution in [-0.4, -0.2) is 82.9 Å². The number of aliphatic hydroxyl groups excluding tert-OH is 1. The fourth-order valence-electron chi connectivity index (χ4n) is 9.19. The third-order valence-corrected chi connectivity index (χ3v) is 17.6. The van der Waals surface area contributed by atoms with E-state index in [1.54, 1.807) is 34.0 Å². The number of fused-ring (bicyclic) bond motifs is 1. The van der Waals surface area contributed by atoms with Gasteiger partial charge in [-0.2, -0.15) is 0 Å². The Bertz CT molecular complexity index is 2090. The van der Waals surface area contributed by atoms with Crippen molar-refractivity contribution in [1.29, 1.82) is 0 Å². The van der Waals surface area contributed by atoms with Crippen molar-refractivity contribution in [1.82, 2.24) is 4.57 Å². The van der Waals surface area contributed by atoms with Crippen LogP contribution in [0.5, 0.6) is 34.5 Å². The van der Waals surface area contributed by atoms with E-state index in [-0.39, 0.29) is 0 Å². The third-order valence-electron chi connectivity index (χ3n) is 14.1. The molecule has 11 nitrogen and oxygen atoms in total. The molecule has 0 bridgehead atoms. The molecule has 0 aliphatic carbocycles. The van der Waals surface area contributed by atoms with E-state index in [1.807, 2.05) is 0 Å². The molecule has 0 radical (unpaired) electrons. The summed E-state index contributed by atoms with van der Waals surface area (Å²) in [7, 11) is 1.00. The zero-order valence-electron chi connectivity index (χ0n) is 48.5. The van der Waals surface area contributed by atoms with E-state index in [0.717, 1.165) is 174 Å². The van der Waals surface area contributed by atoms with Gasteiger partial charge in [-0.15, -0.1) is 34.0 Å². The predicted molar refractivity (Wildman–Crippen MR) is 318 cm³/mol. The number of thiophene rings is 3. The van der Waals surface area contributed by atoms with Gasteiger partial charge < -0.3 is 53.3 Å². The van der Waals surface area contributed by atoms with E-state index in [4.69, 9.17) is 48.7 Å². The molecule has 75 heavy (non-hydrogen) atoms. The number of hydrogen-bond donors (Lipinski definition) is 2. The maximum atomic E-state index is 7.09. The summed E-state index contributed by atoms with van der Waals surface area (Å²) >= 11 is 5.10. The lowest BCUT2D eigenvalue weighted by Gasteiger charge is -2.32. The Morgan fingerprint density at radius 3 is 1.52 bits per heavy atom. The summed E-state index contributed by atoms with van der Waals surface area (Å²) in [6, 6.07) is 4.55. The van der Waals surface area contributed by atoms with Crippen molar-refractivity contribution >= 4 is 34.0 Å². The molecule has 0 amide bonds. The molecule has 0 aromatic carbocycles. The summed E-state index contributed by atoms with van der Waals surface area (Å²) in [5.41, 5.74) is 8.24. The molecular weight excluding hydrogens is 1000 g/mol. The molecule has 1 aliphatic heterocycles. The van der Waals surface area contributed by atoms with Gasteiger partial charge in [0.25, 0.3) is 0 Å². The van der Waals surface area contributed by atoms with E-state index in [2.05, 4.69) is 84.4 Å². The van der Waals surface area contributed by atoms with Crippen LogP contribution >= 0.6 is 34.0 Å².